The molecule has 0 aromatic heterocycles. The molecule has 0 saturated carbocycles. The summed E-state index contributed by atoms with van der Waals surface area (Å²) in [6.45, 7) is 9.00. The Bertz CT molecular complexity index is 465. The number of hydrogen-bond donors (Lipinski definition) is 0. The molecule has 0 spiro atoms. The fourth-order valence-corrected chi connectivity index (χ4v) is 2.48. The average molecular weight is 252 g/mol. The van der Waals surface area contributed by atoms with Crippen molar-refractivity contribution in [2.45, 2.75) is 46.0 Å². The van der Waals surface area contributed by atoms with Gasteiger partial charge in [0.25, 0.3) is 0 Å². The van der Waals surface area contributed by atoms with Gasteiger partial charge in [0.15, 0.2) is 0 Å². The van der Waals surface area contributed by atoms with Crippen LogP contribution in [0.15, 0.2) is 48.5 Å². The van der Waals surface area contributed by atoms with Crippen LogP contribution in [0, 0.1) is 0 Å². The highest BCUT2D eigenvalue weighted by Crippen LogP contribution is 2.31. The number of hydrogen-bond acceptors (Lipinski definition) is 0. The van der Waals surface area contributed by atoms with Crippen LogP contribution in [0.1, 0.15) is 49.9 Å². The van der Waals surface area contributed by atoms with Gasteiger partial charge in [-0.2, -0.15) is 0 Å². The van der Waals surface area contributed by atoms with E-state index in [2.05, 4.69) is 76.2 Å². The van der Waals surface area contributed by atoms with Crippen LogP contribution in [0.5, 0.6) is 0 Å². The van der Waals surface area contributed by atoms with Crippen molar-refractivity contribution in [2.75, 3.05) is 0 Å². The third-order valence-electron chi connectivity index (χ3n) is 4.17. The minimum absolute atomic E-state index is 0.0680. The number of aryl methyl sites for hydroxylation is 2. The molecule has 0 atom stereocenters. The van der Waals surface area contributed by atoms with Crippen molar-refractivity contribution in [2.24, 2.45) is 0 Å². The Hall–Kier alpha value is -1.56. The molecular weight excluding hydrogens is 228 g/mol. The quantitative estimate of drug-likeness (QED) is 0.707. The molecule has 0 unspecified atom stereocenters. The topological polar surface area (TPSA) is 0 Å². The fraction of sp³-hybridized carbons (Fsp3) is 0.368. The molecule has 0 heteroatoms. The van der Waals surface area contributed by atoms with Crippen molar-refractivity contribution in [3.63, 3.8) is 0 Å². The van der Waals surface area contributed by atoms with Gasteiger partial charge in [0.2, 0.25) is 0 Å². The van der Waals surface area contributed by atoms with Gasteiger partial charge in [0.05, 0.1) is 0 Å². The molecule has 0 saturated heterocycles. The summed E-state index contributed by atoms with van der Waals surface area (Å²) in [5, 5.41) is 0. The first-order valence-corrected chi connectivity index (χ1v) is 7.26. The molecule has 0 N–H and O–H groups in total. The van der Waals surface area contributed by atoms with Crippen LogP contribution in [-0.4, -0.2) is 0 Å². The van der Waals surface area contributed by atoms with Crippen LogP contribution in [0.2, 0.25) is 0 Å². The van der Waals surface area contributed by atoms with E-state index < -0.39 is 0 Å². The van der Waals surface area contributed by atoms with E-state index >= 15 is 0 Å². The Labute approximate surface area is 117 Å². The molecule has 100 valence electrons. The van der Waals surface area contributed by atoms with Crippen LogP contribution < -0.4 is 0 Å². The van der Waals surface area contributed by atoms with Gasteiger partial charge in [0, 0.05) is 5.41 Å². The minimum atomic E-state index is 0.0680. The fourth-order valence-electron chi connectivity index (χ4n) is 2.48. The van der Waals surface area contributed by atoms with Crippen LogP contribution >= 0.6 is 0 Å². The zero-order valence-corrected chi connectivity index (χ0v) is 12.5. The molecule has 2 aromatic carbocycles. The van der Waals surface area contributed by atoms with Gasteiger partial charge in [0.1, 0.15) is 0 Å². The van der Waals surface area contributed by atoms with E-state index in [-0.39, 0.29) is 5.41 Å². The van der Waals surface area contributed by atoms with E-state index in [9.17, 15) is 0 Å². The summed E-state index contributed by atoms with van der Waals surface area (Å²) in [6.07, 6.45) is 2.21. The minimum Gasteiger partial charge on any atom is -0.0613 e. The van der Waals surface area contributed by atoms with Crippen molar-refractivity contribution >= 4 is 0 Å². The van der Waals surface area contributed by atoms with Crippen molar-refractivity contribution in [3.8, 4) is 0 Å². The molecule has 2 aromatic rings. The lowest BCUT2D eigenvalue weighted by atomic mass is 9.77. The van der Waals surface area contributed by atoms with E-state index in [1.807, 2.05) is 0 Å². The molecular formula is C19H24. The van der Waals surface area contributed by atoms with Crippen LogP contribution in [0.3, 0.4) is 0 Å². The summed E-state index contributed by atoms with van der Waals surface area (Å²) in [5.41, 5.74) is 5.64. The summed E-state index contributed by atoms with van der Waals surface area (Å²) in [4.78, 5) is 0. The predicted octanol–water partition coefficient (Wildman–Crippen LogP) is 5.14. The van der Waals surface area contributed by atoms with Gasteiger partial charge >= 0.3 is 0 Å². The highest BCUT2D eigenvalue weighted by molar-refractivity contribution is 5.39. The predicted molar refractivity (Wildman–Crippen MR) is 83.8 cm³/mol. The maximum absolute atomic E-state index is 2.30. The maximum atomic E-state index is 2.30. The summed E-state index contributed by atoms with van der Waals surface area (Å²) >= 11 is 0. The van der Waals surface area contributed by atoms with Gasteiger partial charge in [-0.25, -0.2) is 0 Å². The van der Waals surface area contributed by atoms with Crippen molar-refractivity contribution in [1.29, 1.82) is 0 Å². The molecule has 0 amide bonds. The molecule has 0 heterocycles. The van der Waals surface area contributed by atoms with E-state index in [0.29, 0.717) is 0 Å². The SMILES string of the molecule is CCc1ccc(C(C)(C)c2ccc(CC)cc2)cc1. The van der Waals surface area contributed by atoms with Crippen LogP contribution in [0.4, 0.5) is 0 Å². The van der Waals surface area contributed by atoms with E-state index in [1.165, 1.54) is 22.3 Å². The maximum Gasteiger partial charge on any atom is 0.0146 e. The Kier molecular flexibility index (Phi) is 4.09. The summed E-state index contributed by atoms with van der Waals surface area (Å²) in [7, 11) is 0. The van der Waals surface area contributed by atoms with Gasteiger partial charge in [-0.05, 0) is 35.1 Å². The lowest BCUT2D eigenvalue weighted by Gasteiger charge is -2.26. The van der Waals surface area contributed by atoms with Gasteiger partial charge in [-0.3, -0.25) is 0 Å². The number of rotatable bonds is 4. The molecule has 2 rings (SSSR count). The van der Waals surface area contributed by atoms with Crippen molar-refractivity contribution in [3.05, 3.63) is 70.8 Å². The summed E-state index contributed by atoms with van der Waals surface area (Å²) < 4.78 is 0. The monoisotopic (exact) mass is 252 g/mol. The first kappa shape index (κ1) is 13.9. The molecule has 0 bridgehead atoms. The second-order valence-corrected chi connectivity index (χ2v) is 5.73. The Morgan fingerprint density at radius 1 is 0.632 bits per heavy atom. The molecule has 0 radical (unpaired) electrons. The second kappa shape index (κ2) is 5.61. The van der Waals surface area contributed by atoms with Crippen molar-refractivity contribution in [1.82, 2.24) is 0 Å². The summed E-state index contributed by atoms with van der Waals surface area (Å²) in [5.74, 6) is 0. The molecule has 0 aliphatic carbocycles. The van der Waals surface area contributed by atoms with Crippen LogP contribution in [-0.2, 0) is 18.3 Å². The average Bonchev–Trinajstić information content (AvgIpc) is 2.47. The normalized spacial score (nSPS) is 11.6. The second-order valence-electron chi connectivity index (χ2n) is 5.73. The van der Waals surface area contributed by atoms with Gasteiger partial charge < -0.3 is 0 Å². The molecule has 0 aliphatic rings. The highest BCUT2D eigenvalue weighted by atomic mass is 14.3. The van der Waals surface area contributed by atoms with E-state index in [0.717, 1.165) is 12.8 Å². The Morgan fingerprint density at radius 3 is 1.21 bits per heavy atom. The van der Waals surface area contributed by atoms with E-state index in [1.54, 1.807) is 0 Å². The third kappa shape index (κ3) is 2.89. The molecule has 0 fully saturated rings. The van der Waals surface area contributed by atoms with E-state index in [4.69, 9.17) is 0 Å². The first-order chi connectivity index (χ1) is 9.07. The standard InChI is InChI=1S/C19H24/c1-5-15-7-11-17(12-8-15)19(3,4)18-13-9-16(6-2)10-14-18/h7-14H,5-6H2,1-4H3. The van der Waals surface area contributed by atoms with Gasteiger partial charge in [-0.15, -0.1) is 0 Å². The zero-order chi connectivity index (χ0) is 13.9. The largest absolute Gasteiger partial charge is 0.0613 e. The Morgan fingerprint density at radius 2 is 0.947 bits per heavy atom. The molecule has 19 heavy (non-hydrogen) atoms. The lowest BCUT2D eigenvalue weighted by molar-refractivity contribution is 0.640. The third-order valence-corrected chi connectivity index (χ3v) is 4.17. The van der Waals surface area contributed by atoms with Crippen molar-refractivity contribution < 1.29 is 0 Å². The number of benzene rings is 2. The lowest BCUT2D eigenvalue weighted by Crippen LogP contribution is -2.18. The Balaban J connectivity index is 2.33. The molecule has 0 nitrogen and oxygen atoms in total. The van der Waals surface area contributed by atoms with Crippen LogP contribution in [0.25, 0.3) is 0 Å². The highest BCUT2D eigenvalue weighted by Gasteiger charge is 2.22. The van der Waals surface area contributed by atoms with Gasteiger partial charge in [-0.1, -0.05) is 76.2 Å². The summed E-state index contributed by atoms with van der Waals surface area (Å²) in [6, 6.07) is 18.1. The first-order valence-electron chi connectivity index (χ1n) is 7.26. The zero-order valence-electron chi connectivity index (χ0n) is 12.5. The molecule has 0 aliphatic heterocycles. The smallest absolute Gasteiger partial charge is 0.0146 e.